The summed E-state index contributed by atoms with van der Waals surface area (Å²) in [6.45, 7) is 0.125. The molecule has 6 nitrogen and oxygen atoms in total. The van der Waals surface area contributed by atoms with Gasteiger partial charge in [-0.1, -0.05) is 6.07 Å². The van der Waals surface area contributed by atoms with Gasteiger partial charge in [-0.2, -0.15) is 0 Å². The molecule has 1 aliphatic heterocycles. The van der Waals surface area contributed by atoms with Crippen LogP contribution in [0.25, 0.3) is 0 Å². The van der Waals surface area contributed by atoms with Crippen molar-refractivity contribution < 1.29 is 29.3 Å². The van der Waals surface area contributed by atoms with Crippen LogP contribution in [0.15, 0.2) is 18.2 Å². The third kappa shape index (κ3) is 2.30. The predicted octanol–water partition coefficient (Wildman–Crippen LogP) is 0.743. The second-order valence-corrected chi connectivity index (χ2v) is 3.62. The highest BCUT2D eigenvalue weighted by molar-refractivity contribution is 5.93. The van der Waals surface area contributed by atoms with Crippen molar-refractivity contribution in [1.82, 2.24) is 0 Å². The normalized spacial score (nSPS) is 12.8. The molecule has 90 valence electrons. The van der Waals surface area contributed by atoms with Crippen molar-refractivity contribution in [2.75, 3.05) is 6.79 Å². The summed E-state index contributed by atoms with van der Waals surface area (Å²) in [5.41, 5.74) is 0.587. The fourth-order valence-corrected chi connectivity index (χ4v) is 1.58. The van der Waals surface area contributed by atoms with E-state index >= 15 is 0 Å². The van der Waals surface area contributed by atoms with Gasteiger partial charge in [0.2, 0.25) is 6.79 Å². The Balaban J connectivity index is 2.18. The highest BCUT2D eigenvalue weighted by Crippen LogP contribution is 2.33. The van der Waals surface area contributed by atoms with Crippen LogP contribution in [0.4, 0.5) is 0 Å². The van der Waals surface area contributed by atoms with Crippen LogP contribution in [0.2, 0.25) is 0 Å². The third-order valence-electron chi connectivity index (χ3n) is 2.47. The van der Waals surface area contributed by atoms with E-state index in [1.54, 1.807) is 18.2 Å². The Kier molecular flexibility index (Phi) is 2.86. The van der Waals surface area contributed by atoms with Crippen LogP contribution < -0.4 is 9.47 Å². The first-order chi connectivity index (χ1) is 8.08. The van der Waals surface area contributed by atoms with E-state index in [0.717, 1.165) is 0 Å². The first-order valence-electron chi connectivity index (χ1n) is 4.92. The van der Waals surface area contributed by atoms with Crippen LogP contribution in [0, 0.1) is 5.92 Å². The number of fused-ring (bicyclic) bond motifs is 1. The van der Waals surface area contributed by atoms with Crippen LogP contribution >= 0.6 is 0 Å². The van der Waals surface area contributed by atoms with Gasteiger partial charge in [-0.3, -0.25) is 9.59 Å². The molecule has 0 aromatic heterocycles. The van der Waals surface area contributed by atoms with E-state index in [2.05, 4.69) is 0 Å². The summed E-state index contributed by atoms with van der Waals surface area (Å²) in [5.74, 6) is -3.06. The lowest BCUT2D eigenvalue weighted by molar-refractivity contribution is -0.154. The number of hydrogen-bond donors (Lipinski definition) is 2. The summed E-state index contributed by atoms with van der Waals surface area (Å²) in [6.07, 6.45) is -0.0820. The first kappa shape index (κ1) is 11.3. The standard InChI is InChI=1S/C11H10O6/c12-10(13)7(11(14)15)3-6-1-2-8-9(4-6)17-5-16-8/h1-2,4,7H,3,5H2,(H,12,13)(H,14,15)/i3+2. The summed E-state index contributed by atoms with van der Waals surface area (Å²) < 4.78 is 10.2. The summed E-state index contributed by atoms with van der Waals surface area (Å²) in [7, 11) is 0. The summed E-state index contributed by atoms with van der Waals surface area (Å²) in [4.78, 5) is 21.5. The van der Waals surface area contributed by atoms with Gasteiger partial charge in [0.05, 0.1) is 0 Å². The van der Waals surface area contributed by atoms with Crippen molar-refractivity contribution in [3.63, 3.8) is 0 Å². The maximum atomic E-state index is 10.7. The Morgan fingerprint density at radius 2 is 1.82 bits per heavy atom. The van der Waals surface area contributed by atoms with Crippen LogP contribution in [-0.2, 0) is 16.0 Å². The molecular weight excluding hydrogens is 230 g/mol. The number of benzene rings is 1. The molecular formula is C11H10O6. The summed E-state index contributed by atoms with van der Waals surface area (Å²) in [5, 5.41) is 17.5. The SMILES string of the molecule is O=C(O)C([14CH2]c1ccc2c(c1)OCO2)C(=O)O. The Labute approximate surface area is 96.4 Å². The molecule has 0 fully saturated rings. The molecule has 0 aliphatic carbocycles. The molecule has 0 spiro atoms. The smallest absolute Gasteiger partial charge is 0.318 e. The lowest BCUT2D eigenvalue weighted by atomic mass is 10.2. The van der Waals surface area contributed by atoms with Gasteiger partial charge in [0, 0.05) is 0 Å². The Bertz CT molecular complexity index is 453. The topological polar surface area (TPSA) is 93.1 Å². The molecule has 6 heteroatoms. The van der Waals surface area contributed by atoms with Gasteiger partial charge in [0.1, 0.15) is 0 Å². The van der Waals surface area contributed by atoms with E-state index in [1.165, 1.54) is 0 Å². The number of carboxylic acids is 2. The maximum absolute atomic E-state index is 10.7. The number of aliphatic carboxylic acids is 2. The molecule has 0 bridgehead atoms. The zero-order valence-electron chi connectivity index (χ0n) is 8.75. The van der Waals surface area contributed by atoms with Crippen molar-refractivity contribution in [1.29, 1.82) is 0 Å². The minimum absolute atomic E-state index is 0.0820. The fraction of sp³-hybridized carbons (Fsp3) is 0.273. The van der Waals surface area contributed by atoms with Gasteiger partial charge in [-0.25, -0.2) is 0 Å². The lowest BCUT2D eigenvalue weighted by Gasteiger charge is -2.07. The summed E-state index contributed by atoms with van der Waals surface area (Å²) >= 11 is 0. The molecule has 1 aliphatic rings. The fourth-order valence-electron chi connectivity index (χ4n) is 1.58. The zero-order chi connectivity index (χ0) is 12.4. The van der Waals surface area contributed by atoms with E-state index < -0.39 is 17.9 Å². The monoisotopic (exact) mass is 240 g/mol. The Hall–Kier alpha value is -2.24. The van der Waals surface area contributed by atoms with Crippen LogP contribution in [0.3, 0.4) is 0 Å². The van der Waals surface area contributed by atoms with Gasteiger partial charge in [0.25, 0.3) is 0 Å². The van der Waals surface area contributed by atoms with Crippen molar-refractivity contribution in [3.8, 4) is 11.5 Å². The number of hydrogen-bond acceptors (Lipinski definition) is 4. The van der Waals surface area contributed by atoms with E-state index in [9.17, 15) is 9.59 Å². The lowest BCUT2D eigenvalue weighted by Crippen LogP contribution is -2.25. The Morgan fingerprint density at radius 3 is 2.47 bits per heavy atom. The van der Waals surface area contributed by atoms with E-state index in [0.29, 0.717) is 17.1 Å². The number of ether oxygens (including phenoxy) is 2. The Morgan fingerprint density at radius 1 is 1.18 bits per heavy atom. The third-order valence-corrected chi connectivity index (χ3v) is 2.47. The molecule has 0 saturated carbocycles. The van der Waals surface area contributed by atoms with Crippen LogP contribution in [0.5, 0.6) is 11.5 Å². The van der Waals surface area contributed by atoms with Crippen molar-refractivity contribution in [2.24, 2.45) is 5.92 Å². The van der Waals surface area contributed by atoms with Gasteiger partial charge in [-0.05, 0) is 24.1 Å². The molecule has 17 heavy (non-hydrogen) atoms. The zero-order valence-corrected chi connectivity index (χ0v) is 8.75. The number of rotatable bonds is 4. The van der Waals surface area contributed by atoms with E-state index in [-0.39, 0.29) is 13.2 Å². The van der Waals surface area contributed by atoms with E-state index in [1.807, 2.05) is 0 Å². The minimum Gasteiger partial charge on any atom is -0.481 e. The second kappa shape index (κ2) is 4.32. The number of carboxylic acid groups (broad SMARTS) is 2. The minimum atomic E-state index is -1.45. The van der Waals surface area contributed by atoms with Gasteiger partial charge < -0.3 is 19.7 Å². The van der Waals surface area contributed by atoms with E-state index in [4.69, 9.17) is 19.7 Å². The first-order valence-corrected chi connectivity index (χ1v) is 4.92. The molecule has 1 heterocycles. The molecule has 2 N–H and O–H groups in total. The van der Waals surface area contributed by atoms with Crippen LogP contribution in [-0.4, -0.2) is 28.9 Å². The van der Waals surface area contributed by atoms with Crippen LogP contribution in [0.1, 0.15) is 5.56 Å². The quantitative estimate of drug-likeness (QED) is 0.754. The average molecular weight is 240 g/mol. The van der Waals surface area contributed by atoms with Gasteiger partial charge in [-0.15, -0.1) is 0 Å². The van der Waals surface area contributed by atoms with Gasteiger partial charge >= 0.3 is 11.9 Å². The number of carbonyl (C=O) groups is 2. The molecule has 1 aromatic carbocycles. The van der Waals surface area contributed by atoms with Crippen molar-refractivity contribution in [3.05, 3.63) is 23.8 Å². The second-order valence-electron chi connectivity index (χ2n) is 3.62. The van der Waals surface area contributed by atoms with Crippen molar-refractivity contribution >= 4 is 11.9 Å². The maximum Gasteiger partial charge on any atom is 0.318 e. The molecule has 0 atom stereocenters. The molecule has 0 radical (unpaired) electrons. The molecule has 2 rings (SSSR count). The van der Waals surface area contributed by atoms with Gasteiger partial charge in [0.15, 0.2) is 17.4 Å². The molecule has 0 saturated heterocycles. The molecule has 1 aromatic rings. The molecule has 0 amide bonds. The highest BCUT2D eigenvalue weighted by atomic mass is 16.7. The van der Waals surface area contributed by atoms with Crippen molar-refractivity contribution in [2.45, 2.75) is 6.42 Å². The predicted molar refractivity (Wildman–Crippen MR) is 55.0 cm³/mol. The average Bonchev–Trinajstić information content (AvgIpc) is 2.71. The highest BCUT2D eigenvalue weighted by Gasteiger charge is 2.26. The molecule has 0 unspecified atom stereocenters. The summed E-state index contributed by atoms with van der Waals surface area (Å²) in [6, 6.07) is 4.87. The largest absolute Gasteiger partial charge is 0.481 e.